The van der Waals surface area contributed by atoms with E-state index in [1.807, 2.05) is 25.6 Å². The molecule has 2 saturated heterocycles. The first kappa shape index (κ1) is 65.2. The molecule has 0 aromatic rings. The van der Waals surface area contributed by atoms with E-state index in [0.717, 1.165) is 50.5 Å². The Labute approximate surface area is 463 Å². The minimum absolute atomic E-state index is 0.0518. The Morgan fingerprint density at radius 3 is 1.05 bits per heavy atom. The van der Waals surface area contributed by atoms with Gasteiger partial charge >= 0.3 is 5.91 Å². The van der Waals surface area contributed by atoms with Gasteiger partial charge in [-0.25, -0.2) is 0 Å². The van der Waals surface area contributed by atoms with Gasteiger partial charge in [0.2, 0.25) is 0 Å². The lowest BCUT2D eigenvalue weighted by Gasteiger charge is -2.29. The van der Waals surface area contributed by atoms with Crippen molar-refractivity contribution in [3.8, 4) is 0 Å². The average Bonchev–Trinajstić information content (AvgIpc) is 4.02. The summed E-state index contributed by atoms with van der Waals surface area (Å²) >= 11 is 1.86. The molecule has 0 bridgehead atoms. The Morgan fingerprint density at radius 1 is 0.486 bits per heavy atom. The van der Waals surface area contributed by atoms with Crippen LogP contribution in [0, 0.1) is 0 Å². The first-order valence-corrected chi connectivity index (χ1v) is 34.3. The van der Waals surface area contributed by atoms with E-state index in [1.165, 1.54) is 321 Å². The van der Waals surface area contributed by atoms with Crippen LogP contribution in [-0.4, -0.2) is 57.9 Å². The monoisotopic (exact) mass is 1050 g/mol. The minimum Gasteiger partial charge on any atom is -0.481 e. The molecule has 6 nitrogen and oxygen atoms in total. The van der Waals surface area contributed by atoms with Gasteiger partial charge in [0, 0.05) is 36.9 Å². The van der Waals surface area contributed by atoms with Gasteiger partial charge in [-0.3, -0.25) is 9.59 Å². The normalized spacial score (nSPS) is 26.5. The molecule has 3 aliphatic heterocycles. The topological polar surface area (TPSA) is 68.2 Å². The summed E-state index contributed by atoms with van der Waals surface area (Å²) in [5.41, 5.74) is -0.696. The van der Waals surface area contributed by atoms with Crippen LogP contribution in [0.25, 0.3) is 0 Å². The van der Waals surface area contributed by atoms with Gasteiger partial charge in [-0.1, -0.05) is 326 Å². The van der Waals surface area contributed by atoms with E-state index in [1.54, 1.807) is 0 Å². The van der Waals surface area contributed by atoms with E-state index in [2.05, 4.69) is 4.90 Å². The van der Waals surface area contributed by atoms with Crippen LogP contribution in [-0.2, 0) is 19.1 Å². The quantitative estimate of drug-likeness (QED) is 0.281. The van der Waals surface area contributed by atoms with E-state index in [4.69, 9.17) is 14.5 Å². The van der Waals surface area contributed by atoms with Crippen molar-refractivity contribution >= 4 is 28.6 Å². The highest BCUT2D eigenvalue weighted by atomic mass is 32.2. The number of amides is 1. The molecule has 1 amide bonds. The van der Waals surface area contributed by atoms with Crippen molar-refractivity contribution in [2.45, 2.75) is 377 Å². The van der Waals surface area contributed by atoms with Crippen LogP contribution in [0.3, 0.4) is 0 Å². The lowest BCUT2D eigenvalue weighted by atomic mass is 9.92. The molecule has 1 spiro atoms. The molecule has 74 heavy (non-hydrogen) atoms. The van der Waals surface area contributed by atoms with Gasteiger partial charge in [0.25, 0.3) is 0 Å². The van der Waals surface area contributed by atoms with Crippen molar-refractivity contribution in [1.82, 2.24) is 4.90 Å². The number of allylic oxidation sites excluding steroid dienone is 1. The molecule has 4 rings (SSSR count). The van der Waals surface area contributed by atoms with Crippen LogP contribution in [0.1, 0.15) is 361 Å². The minimum atomic E-state index is -0.696. The molecule has 7 heteroatoms. The Bertz CT molecular complexity index is 1390. The third kappa shape index (κ3) is 33.2. The number of thioether (sulfide) groups is 1. The van der Waals surface area contributed by atoms with Gasteiger partial charge in [0.05, 0.1) is 6.10 Å². The third-order valence-electron chi connectivity index (χ3n) is 17.5. The lowest BCUT2D eigenvalue weighted by molar-refractivity contribution is -0.129. The molecular formula is C67H122N2O4S. The summed E-state index contributed by atoms with van der Waals surface area (Å²) < 4.78 is 12.2. The number of nitrogens with zero attached hydrogens (tertiary/aromatic N) is 2. The van der Waals surface area contributed by atoms with Crippen molar-refractivity contribution < 1.29 is 19.1 Å². The number of ketones is 1. The van der Waals surface area contributed by atoms with Crippen LogP contribution >= 0.6 is 11.8 Å². The highest BCUT2D eigenvalue weighted by Gasteiger charge is 2.44. The van der Waals surface area contributed by atoms with E-state index >= 15 is 0 Å². The summed E-state index contributed by atoms with van der Waals surface area (Å²) in [7, 11) is 0. The highest BCUT2D eigenvalue weighted by Crippen LogP contribution is 2.45. The molecule has 0 aromatic carbocycles. The van der Waals surface area contributed by atoms with Gasteiger partial charge in [-0.15, -0.1) is 0 Å². The fourth-order valence-corrected chi connectivity index (χ4v) is 14.3. The van der Waals surface area contributed by atoms with Crippen molar-refractivity contribution in [2.24, 2.45) is 4.99 Å². The fraction of sp³-hybridized carbons (Fsp3) is 0.925. The molecule has 1 unspecified atom stereocenters. The Kier molecular flexibility index (Phi) is 38.3. The van der Waals surface area contributed by atoms with Gasteiger partial charge < -0.3 is 14.4 Å². The number of carbonyl (C=O) groups excluding carboxylic acids is 2. The molecule has 0 radical (unpaired) electrons. The van der Waals surface area contributed by atoms with Crippen LogP contribution in [0.4, 0.5) is 0 Å². The van der Waals surface area contributed by atoms with Crippen molar-refractivity contribution in [1.29, 1.82) is 0 Å². The second-order valence-corrected chi connectivity index (χ2v) is 26.8. The van der Waals surface area contributed by atoms with Crippen LogP contribution in [0.2, 0.25) is 0 Å². The zero-order chi connectivity index (χ0) is 52.3. The van der Waals surface area contributed by atoms with E-state index in [-0.39, 0.29) is 28.8 Å². The zero-order valence-corrected chi connectivity index (χ0v) is 50.2. The number of hydrogen-bond acceptors (Lipinski definition) is 5. The highest BCUT2D eigenvalue weighted by molar-refractivity contribution is 8.15. The maximum absolute atomic E-state index is 13.7. The van der Waals surface area contributed by atoms with Gasteiger partial charge in [0.1, 0.15) is 5.60 Å². The first-order valence-electron chi connectivity index (χ1n) is 33.5. The summed E-state index contributed by atoms with van der Waals surface area (Å²) in [5, 5.41) is 0.811. The molecular weight excluding hydrogens is 929 g/mol. The Hall–Kier alpha value is -1.34. The summed E-state index contributed by atoms with van der Waals surface area (Å²) in [6.07, 6.45) is 76.3. The van der Waals surface area contributed by atoms with Crippen molar-refractivity contribution in [2.75, 3.05) is 19.7 Å². The molecule has 3 heterocycles. The number of amidine groups is 1. The van der Waals surface area contributed by atoms with Gasteiger partial charge in [-0.2, -0.15) is 4.99 Å². The maximum atomic E-state index is 13.7. The summed E-state index contributed by atoms with van der Waals surface area (Å²) in [5.74, 6) is -0.391. The van der Waals surface area contributed by atoms with E-state index < -0.39 is 11.5 Å². The van der Waals surface area contributed by atoms with Crippen molar-refractivity contribution in [3.05, 3.63) is 11.8 Å². The Balaban J connectivity index is 1.17. The second kappa shape index (κ2) is 43.5. The molecule has 1 aliphatic carbocycles. The van der Waals surface area contributed by atoms with Gasteiger partial charge in [-0.05, 0) is 39.5 Å². The van der Waals surface area contributed by atoms with E-state index in [0.29, 0.717) is 0 Å². The summed E-state index contributed by atoms with van der Waals surface area (Å²) in [4.78, 5) is 33.4. The predicted octanol–water partition coefficient (Wildman–Crippen LogP) is 21.4. The third-order valence-corrected chi connectivity index (χ3v) is 19.0. The molecule has 4 aliphatic rings. The predicted molar refractivity (Wildman–Crippen MR) is 322 cm³/mol. The largest absolute Gasteiger partial charge is 0.481 e. The van der Waals surface area contributed by atoms with E-state index in [9.17, 15) is 9.59 Å². The number of aliphatic imine (C=N–C) groups is 1. The molecule has 0 aromatic heterocycles. The standard InChI is InChI=1S/C67H122N2O4S/c1-66(2)58-61(70)57-63(73-66)64(71)68-65-69(59-62-53-52-56-72-62)60-67(74-65)54-50-48-46-44-42-40-38-36-34-32-30-28-26-24-22-20-18-16-14-12-10-8-6-4-3-5-7-9-11-13-15-17-19-21-23-25-27-29-31-33-35-37-39-41-43-45-47-49-51-55-67/h57,62H,3-56,58-60H2,1-2H3. The first-order chi connectivity index (χ1) is 36.3. The second-order valence-electron chi connectivity index (χ2n) is 25.3. The average molecular weight is 1050 g/mol. The van der Waals surface area contributed by atoms with Crippen LogP contribution in [0.5, 0.6) is 0 Å². The number of rotatable bonds is 3. The smallest absolute Gasteiger partial charge is 0.314 e. The number of ether oxygens (including phenoxy) is 2. The zero-order valence-electron chi connectivity index (χ0n) is 49.4. The number of hydrogen-bond donors (Lipinski definition) is 0. The summed E-state index contributed by atoms with van der Waals surface area (Å²) in [6.45, 7) is 6.28. The molecule has 3 fully saturated rings. The van der Waals surface area contributed by atoms with Crippen molar-refractivity contribution in [3.63, 3.8) is 0 Å². The lowest BCUT2D eigenvalue weighted by Crippen LogP contribution is -2.38. The van der Waals surface area contributed by atoms with Gasteiger partial charge in [0.15, 0.2) is 16.7 Å². The van der Waals surface area contributed by atoms with Crippen LogP contribution in [0.15, 0.2) is 16.8 Å². The molecule has 1 saturated carbocycles. The fourth-order valence-electron chi connectivity index (χ4n) is 12.8. The number of carbonyl (C=O) groups is 2. The molecule has 430 valence electrons. The Morgan fingerprint density at radius 2 is 0.784 bits per heavy atom. The molecule has 1 atom stereocenters. The molecule has 0 N–H and O–H groups in total. The SMILES string of the molecule is CC1(C)CC(=O)C=C(C(=O)N=C2SC3(CCCCCCCCCCCCCCCCCCCCCCCCCCCCCCCCCCCCCCCCCCCCCCCCCCC3)CN2CC2CCCO2)O1. The maximum Gasteiger partial charge on any atom is 0.314 e. The summed E-state index contributed by atoms with van der Waals surface area (Å²) in [6, 6.07) is 0. The van der Waals surface area contributed by atoms with Crippen LogP contribution < -0.4 is 0 Å².